The summed E-state index contributed by atoms with van der Waals surface area (Å²) in [5, 5.41) is 21.8. The number of hydrogen-bond donors (Lipinski definition) is 1. The van der Waals surface area contributed by atoms with Crippen LogP contribution in [0.4, 0.5) is 0 Å². The number of carboxylic acids is 1. The highest BCUT2D eigenvalue weighted by molar-refractivity contribution is 7.99. The number of nitrogens with zero attached hydrogens (tertiary/aromatic N) is 5. The highest BCUT2D eigenvalue weighted by atomic mass is 32.2. The quantitative estimate of drug-likeness (QED) is 0.831. The number of aliphatic carboxylic acids is 1. The molecule has 1 N–H and O–H groups in total. The molecule has 0 saturated carbocycles. The lowest BCUT2D eigenvalue weighted by Gasteiger charge is -2.08. The SMILES string of the molecule is CC(C)c1nnc(SCC(=O)O)n1-c1ccn(C)n1. The maximum absolute atomic E-state index is 10.7. The molecule has 2 aromatic rings. The summed E-state index contributed by atoms with van der Waals surface area (Å²) in [5.41, 5.74) is 0. The van der Waals surface area contributed by atoms with E-state index in [2.05, 4.69) is 15.3 Å². The normalized spacial score (nSPS) is 11.2. The molecule has 0 spiro atoms. The molecule has 2 aromatic heterocycles. The van der Waals surface area contributed by atoms with E-state index in [1.165, 1.54) is 0 Å². The molecule has 0 fully saturated rings. The van der Waals surface area contributed by atoms with E-state index in [-0.39, 0.29) is 11.7 Å². The summed E-state index contributed by atoms with van der Waals surface area (Å²) >= 11 is 1.14. The largest absolute Gasteiger partial charge is 0.481 e. The number of aromatic nitrogens is 5. The molecule has 0 saturated heterocycles. The minimum atomic E-state index is -0.883. The van der Waals surface area contributed by atoms with Crippen molar-refractivity contribution in [2.45, 2.75) is 24.9 Å². The highest BCUT2D eigenvalue weighted by Gasteiger charge is 2.19. The minimum Gasteiger partial charge on any atom is -0.481 e. The second-order valence-electron chi connectivity index (χ2n) is 4.36. The van der Waals surface area contributed by atoms with Crippen LogP contribution in [-0.2, 0) is 11.8 Å². The molecular weight excluding hydrogens is 266 g/mol. The van der Waals surface area contributed by atoms with Gasteiger partial charge in [0.25, 0.3) is 0 Å². The summed E-state index contributed by atoms with van der Waals surface area (Å²) in [5.74, 6) is 0.708. The van der Waals surface area contributed by atoms with Crippen molar-refractivity contribution in [1.29, 1.82) is 0 Å². The monoisotopic (exact) mass is 281 g/mol. The van der Waals surface area contributed by atoms with Crippen molar-refractivity contribution in [2.75, 3.05) is 5.75 Å². The van der Waals surface area contributed by atoms with Crippen LogP contribution in [0.2, 0.25) is 0 Å². The minimum absolute atomic E-state index is 0.0525. The Bertz CT molecular complexity index is 590. The summed E-state index contributed by atoms with van der Waals surface area (Å²) in [6.45, 7) is 4.02. The van der Waals surface area contributed by atoms with Crippen molar-refractivity contribution in [3.8, 4) is 5.82 Å². The first-order chi connectivity index (χ1) is 8.99. The van der Waals surface area contributed by atoms with Crippen LogP contribution in [-0.4, -0.2) is 41.4 Å². The number of carboxylic acid groups (broad SMARTS) is 1. The van der Waals surface area contributed by atoms with Gasteiger partial charge < -0.3 is 5.11 Å². The first kappa shape index (κ1) is 13.6. The van der Waals surface area contributed by atoms with E-state index in [4.69, 9.17) is 5.11 Å². The van der Waals surface area contributed by atoms with Crippen LogP contribution in [0.5, 0.6) is 0 Å². The van der Waals surface area contributed by atoms with Crippen LogP contribution in [0.25, 0.3) is 5.82 Å². The number of aryl methyl sites for hydroxylation is 1. The smallest absolute Gasteiger partial charge is 0.313 e. The van der Waals surface area contributed by atoms with Gasteiger partial charge in [-0.05, 0) is 0 Å². The summed E-state index contributed by atoms with van der Waals surface area (Å²) in [4.78, 5) is 10.7. The van der Waals surface area contributed by atoms with E-state index in [1.54, 1.807) is 9.25 Å². The van der Waals surface area contributed by atoms with Gasteiger partial charge in [0.2, 0.25) is 0 Å². The van der Waals surface area contributed by atoms with Crippen molar-refractivity contribution >= 4 is 17.7 Å². The van der Waals surface area contributed by atoms with Crippen LogP contribution in [0.1, 0.15) is 25.6 Å². The van der Waals surface area contributed by atoms with E-state index < -0.39 is 5.97 Å². The first-order valence-corrected chi connectivity index (χ1v) is 6.77. The average molecular weight is 281 g/mol. The second-order valence-corrected chi connectivity index (χ2v) is 5.30. The van der Waals surface area contributed by atoms with Crippen LogP contribution in [0.15, 0.2) is 17.4 Å². The number of thioether (sulfide) groups is 1. The van der Waals surface area contributed by atoms with Crippen molar-refractivity contribution in [3.63, 3.8) is 0 Å². The van der Waals surface area contributed by atoms with Gasteiger partial charge in [-0.25, -0.2) is 0 Å². The van der Waals surface area contributed by atoms with E-state index in [0.717, 1.165) is 17.6 Å². The highest BCUT2D eigenvalue weighted by Crippen LogP contribution is 2.24. The number of rotatable bonds is 5. The maximum atomic E-state index is 10.7. The van der Waals surface area contributed by atoms with Gasteiger partial charge in [0.1, 0.15) is 5.82 Å². The van der Waals surface area contributed by atoms with Crippen molar-refractivity contribution in [1.82, 2.24) is 24.5 Å². The molecule has 0 aromatic carbocycles. The lowest BCUT2D eigenvalue weighted by atomic mass is 10.2. The molecular formula is C11H15N5O2S. The van der Waals surface area contributed by atoms with Gasteiger partial charge in [-0.15, -0.1) is 10.2 Å². The van der Waals surface area contributed by atoms with E-state index in [1.807, 2.05) is 33.2 Å². The predicted octanol–water partition coefficient (Wildman–Crippen LogP) is 1.30. The Kier molecular flexibility index (Phi) is 3.89. The van der Waals surface area contributed by atoms with E-state index >= 15 is 0 Å². The van der Waals surface area contributed by atoms with Gasteiger partial charge in [-0.3, -0.25) is 14.0 Å². The summed E-state index contributed by atoms with van der Waals surface area (Å²) in [6.07, 6.45) is 1.82. The van der Waals surface area contributed by atoms with Crippen LogP contribution in [0.3, 0.4) is 0 Å². The third-order valence-electron chi connectivity index (χ3n) is 2.43. The molecule has 0 radical (unpaired) electrons. The zero-order valence-corrected chi connectivity index (χ0v) is 11.8. The van der Waals surface area contributed by atoms with Crippen molar-refractivity contribution < 1.29 is 9.90 Å². The Balaban J connectivity index is 2.41. The summed E-state index contributed by atoms with van der Waals surface area (Å²) in [6, 6.07) is 1.85. The van der Waals surface area contributed by atoms with Crippen molar-refractivity contribution in [3.05, 3.63) is 18.1 Å². The van der Waals surface area contributed by atoms with Crippen LogP contribution in [0, 0.1) is 0 Å². The lowest BCUT2D eigenvalue weighted by molar-refractivity contribution is -0.133. The molecule has 0 aliphatic heterocycles. The Morgan fingerprint density at radius 3 is 2.74 bits per heavy atom. The fraction of sp³-hybridized carbons (Fsp3) is 0.455. The topological polar surface area (TPSA) is 85.8 Å². The molecule has 2 rings (SSSR count). The average Bonchev–Trinajstić information content (AvgIpc) is 2.91. The Hall–Kier alpha value is -1.83. The lowest BCUT2D eigenvalue weighted by Crippen LogP contribution is -2.07. The van der Waals surface area contributed by atoms with Gasteiger partial charge in [0.15, 0.2) is 11.0 Å². The molecule has 7 nitrogen and oxygen atoms in total. The number of carbonyl (C=O) groups is 1. The third kappa shape index (κ3) is 2.95. The molecule has 0 amide bonds. The van der Waals surface area contributed by atoms with Gasteiger partial charge in [0.05, 0.1) is 5.75 Å². The van der Waals surface area contributed by atoms with Gasteiger partial charge >= 0.3 is 5.97 Å². The summed E-state index contributed by atoms with van der Waals surface area (Å²) in [7, 11) is 1.83. The zero-order chi connectivity index (χ0) is 14.0. The molecule has 0 unspecified atom stereocenters. The predicted molar refractivity (Wildman–Crippen MR) is 70.6 cm³/mol. The van der Waals surface area contributed by atoms with Gasteiger partial charge in [-0.2, -0.15) is 5.10 Å². The van der Waals surface area contributed by atoms with Gasteiger partial charge in [0, 0.05) is 25.2 Å². The summed E-state index contributed by atoms with van der Waals surface area (Å²) < 4.78 is 3.49. The molecule has 0 aliphatic carbocycles. The Morgan fingerprint density at radius 2 is 2.21 bits per heavy atom. The maximum Gasteiger partial charge on any atom is 0.313 e. The molecule has 0 aliphatic rings. The zero-order valence-electron chi connectivity index (χ0n) is 10.9. The fourth-order valence-corrected chi connectivity index (χ4v) is 2.28. The Labute approximate surface area is 114 Å². The Morgan fingerprint density at radius 1 is 1.47 bits per heavy atom. The molecule has 0 atom stereocenters. The molecule has 8 heteroatoms. The van der Waals surface area contributed by atoms with Gasteiger partial charge in [-0.1, -0.05) is 25.6 Å². The number of hydrogen-bond acceptors (Lipinski definition) is 5. The molecule has 2 heterocycles. The molecule has 102 valence electrons. The van der Waals surface area contributed by atoms with E-state index in [0.29, 0.717) is 11.0 Å². The van der Waals surface area contributed by atoms with Crippen molar-refractivity contribution in [2.24, 2.45) is 7.05 Å². The molecule has 19 heavy (non-hydrogen) atoms. The standard InChI is InChI=1S/C11H15N5O2S/c1-7(2)10-12-13-11(19-6-9(17)18)16(10)8-4-5-15(3)14-8/h4-5,7H,6H2,1-3H3,(H,17,18). The van der Waals surface area contributed by atoms with E-state index in [9.17, 15) is 4.79 Å². The first-order valence-electron chi connectivity index (χ1n) is 5.79. The molecule has 0 bridgehead atoms. The second kappa shape index (κ2) is 5.43. The third-order valence-corrected chi connectivity index (χ3v) is 3.34. The van der Waals surface area contributed by atoms with Crippen LogP contribution < -0.4 is 0 Å². The fourth-order valence-electron chi connectivity index (χ4n) is 1.61. The van der Waals surface area contributed by atoms with Crippen LogP contribution >= 0.6 is 11.8 Å².